The number of fused-ring (bicyclic) bond motifs is 8. The molecule has 4 heterocycles. The molecule has 14 aromatic carbocycles. The van der Waals surface area contributed by atoms with Crippen molar-refractivity contribution >= 4 is 143 Å². The van der Waals surface area contributed by atoms with Crippen LogP contribution in [0, 0.1) is 5.82 Å². The molecular weight excluding hydrogens is 1150 g/mol. The Kier molecular flexibility index (Phi) is 13.1. The Morgan fingerprint density at radius 1 is 0.269 bits per heavy atom. The topological polar surface area (TPSA) is 16.2 Å². The normalized spacial score (nSPS) is 12.8. The molecule has 0 unspecified atom stereocenters. The fourth-order valence-electron chi connectivity index (χ4n) is 15.0. The third kappa shape index (κ3) is 8.94. The molecule has 0 amide bonds. The van der Waals surface area contributed by atoms with Gasteiger partial charge in [0.15, 0.2) is 0 Å². The van der Waals surface area contributed by atoms with Crippen LogP contribution in [0.1, 0.15) is 0 Å². The molecule has 436 valence electrons. The van der Waals surface area contributed by atoms with Crippen molar-refractivity contribution in [1.29, 1.82) is 0 Å². The van der Waals surface area contributed by atoms with Gasteiger partial charge in [0.25, 0.3) is 6.71 Å². The quantitative estimate of drug-likeness (QED) is 0.119. The summed E-state index contributed by atoms with van der Waals surface area (Å²) in [6.45, 7) is -0.449. The lowest BCUT2D eigenvalue weighted by atomic mass is 9.31. The molecule has 4 aliphatic heterocycles. The third-order valence-electron chi connectivity index (χ3n) is 18.9. The van der Waals surface area contributed by atoms with Crippen LogP contribution in [0.15, 0.2) is 350 Å². The standard InChI is InChI=1S/C84H56B2FN5S/c87-71-45-23-28-50-76(71)92-77-56-81-70(55-69(77)85-67-43-21-26-48-74(67)90(62-39-17-6-18-40-62)78-51-63(52-79(92)83(78)85)88(59-33-11-3-12-34-59)60-35-13-4-14-36-60)86-68-44-22-27-49-75(68)91(73-47-25-20-42-66(73)58-31-9-2-10-32-58)80-53-64(54-82(93-81)84(80)86)89(61-37-15-5-16-38-61)72-46-24-19-41-65(72)57-29-7-1-8-30-57/h1-56H. The lowest BCUT2D eigenvalue weighted by molar-refractivity contribution is 0.629. The first-order chi connectivity index (χ1) is 46.1. The smallest absolute Gasteiger partial charge is 0.252 e. The predicted octanol–water partition coefficient (Wildman–Crippen LogP) is 18.9. The van der Waals surface area contributed by atoms with Gasteiger partial charge in [-0.3, -0.25) is 0 Å². The van der Waals surface area contributed by atoms with Gasteiger partial charge in [-0.25, -0.2) is 4.39 Å². The van der Waals surface area contributed by atoms with Crippen molar-refractivity contribution in [1.82, 2.24) is 0 Å². The number of para-hydroxylation sites is 9. The average molecular weight is 1210 g/mol. The van der Waals surface area contributed by atoms with Crippen LogP contribution in [-0.2, 0) is 0 Å². The Balaban J connectivity index is 0.926. The van der Waals surface area contributed by atoms with E-state index in [0.717, 1.165) is 123 Å². The largest absolute Gasteiger partial charge is 0.311 e. The van der Waals surface area contributed by atoms with Gasteiger partial charge in [0.2, 0.25) is 6.71 Å². The van der Waals surface area contributed by atoms with Crippen LogP contribution in [0.5, 0.6) is 0 Å². The minimum Gasteiger partial charge on any atom is -0.311 e. The zero-order chi connectivity index (χ0) is 61.5. The third-order valence-corrected chi connectivity index (χ3v) is 20.0. The first kappa shape index (κ1) is 54.4. The molecule has 0 fully saturated rings. The van der Waals surface area contributed by atoms with Gasteiger partial charge in [0.05, 0.1) is 22.7 Å². The highest BCUT2D eigenvalue weighted by Gasteiger charge is 2.48. The van der Waals surface area contributed by atoms with E-state index in [9.17, 15) is 0 Å². The van der Waals surface area contributed by atoms with Gasteiger partial charge in [-0.1, -0.05) is 242 Å². The van der Waals surface area contributed by atoms with Crippen LogP contribution in [0.3, 0.4) is 0 Å². The number of hydrogen-bond acceptors (Lipinski definition) is 6. The molecule has 9 heteroatoms. The van der Waals surface area contributed by atoms with Crippen molar-refractivity contribution < 1.29 is 4.39 Å². The van der Waals surface area contributed by atoms with Crippen LogP contribution in [0.4, 0.5) is 89.7 Å². The summed E-state index contributed by atoms with van der Waals surface area (Å²) in [6.07, 6.45) is 0. The number of nitrogens with zero attached hydrogens (tertiary/aromatic N) is 5. The van der Waals surface area contributed by atoms with Gasteiger partial charge in [0, 0.05) is 83.5 Å². The number of benzene rings is 14. The van der Waals surface area contributed by atoms with E-state index in [0.29, 0.717) is 5.69 Å². The summed E-state index contributed by atoms with van der Waals surface area (Å²) < 4.78 is 17.7. The van der Waals surface area contributed by atoms with Crippen molar-refractivity contribution in [3.63, 3.8) is 0 Å². The summed E-state index contributed by atoms with van der Waals surface area (Å²) in [7, 11) is 0. The molecule has 0 aromatic heterocycles. The van der Waals surface area contributed by atoms with Crippen molar-refractivity contribution in [2.24, 2.45) is 0 Å². The maximum Gasteiger partial charge on any atom is 0.252 e. The highest BCUT2D eigenvalue weighted by atomic mass is 32.2. The Hall–Kier alpha value is -11.5. The number of halogens is 1. The lowest BCUT2D eigenvalue weighted by Crippen LogP contribution is -2.64. The Labute approximate surface area is 546 Å². The number of rotatable bonds is 11. The molecule has 0 saturated carbocycles. The minimum absolute atomic E-state index is 0.196. The fraction of sp³-hybridized carbons (Fsp3) is 0. The van der Waals surface area contributed by atoms with Crippen LogP contribution >= 0.6 is 11.8 Å². The zero-order valence-electron chi connectivity index (χ0n) is 50.5. The van der Waals surface area contributed by atoms with Gasteiger partial charge in [-0.2, -0.15) is 0 Å². The van der Waals surface area contributed by atoms with Crippen molar-refractivity contribution in [2.75, 3.05) is 24.5 Å². The molecule has 18 rings (SSSR count). The van der Waals surface area contributed by atoms with Gasteiger partial charge in [-0.15, -0.1) is 0 Å². The van der Waals surface area contributed by atoms with Crippen LogP contribution in [-0.4, -0.2) is 13.4 Å². The fourth-order valence-corrected chi connectivity index (χ4v) is 16.3. The van der Waals surface area contributed by atoms with Gasteiger partial charge >= 0.3 is 0 Å². The number of anilines is 15. The van der Waals surface area contributed by atoms with E-state index in [-0.39, 0.29) is 19.2 Å². The summed E-state index contributed by atoms with van der Waals surface area (Å²) in [5, 5.41) is 0. The van der Waals surface area contributed by atoms with E-state index in [1.165, 1.54) is 21.9 Å². The van der Waals surface area contributed by atoms with E-state index in [1.54, 1.807) is 12.1 Å². The first-order valence-corrected chi connectivity index (χ1v) is 32.6. The molecular formula is C84H56B2FN5S. The van der Waals surface area contributed by atoms with Crippen molar-refractivity contribution in [3.8, 4) is 22.3 Å². The maximum absolute atomic E-state index is 17.7. The molecule has 0 spiro atoms. The van der Waals surface area contributed by atoms with Gasteiger partial charge < -0.3 is 24.5 Å². The molecule has 0 saturated heterocycles. The predicted molar refractivity (Wildman–Crippen MR) is 391 cm³/mol. The minimum atomic E-state index is -0.306. The second kappa shape index (κ2) is 22.5. The maximum atomic E-state index is 17.7. The summed E-state index contributed by atoms with van der Waals surface area (Å²) in [5.41, 5.74) is 26.5. The summed E-state index contributed by atoms with van der Waals surface area (Å²) >= 11 is 1.82. The molecule has 0 radical (unpaired) electrons. The van der Waals surface area contributed by atoms with Crippen LogP contribution < -0.4 is 57.3 Å². The average Bonchev–Trinajstić information content (AvgIpc) is 0.693. The monoisotopic (exact) mass is 1210 g/mol. The van der Waals surface area contributed by atoms with Crippen LogP contribution in [0.25, 0.3) is 22.3 Å². The Morgan fingerprint density at radius 2 is 0.699 bits per heavy atom. The molecule has 0 bridgehead atoms. The molecule has 4 aliphatic rings. The van der Waals surface area contributed by atoms with E-state index < -0.39 is 0 Å². The second-order valence-corrected chi connectivity index (χ2v) is 25.1. The van der Waals surface area contributed by atoms with Gasteiger partial charge in [-0.05, 0) is 154 Å². The number of hydrogen-bond donors (Lipinski definition) is 0. The van der Waals surface area contributed by atoms with E-state index >= 15 is 4.39 Å². The highest BCUT2D eigenvalue weighted by molar-refractivity contribution is 8.00. The van der Waals surface area contributed by atoms with Gasteiger partial charge in [0.1, 0.15) is 5.82 Å². The molecule has 5 nitrogen and oxygen atoms in total. The van der Waals surface area contributed by atoms with E-state index in [1.807, 2.05) is 23.9 Å². The van der Waals surface area contributed by atoms with E-state index in [2.05, 4.69) is 340 Å². The van der Waals surface area contributed by atoms with Crippen molar-refractivity contribution in [2.45, 2.75) is 9.79 Å². The first-order valence-electron chi connectivity index (χ1n) is 31.7. The molecule has 0 aliphatic carbocycles. The molecule has 14 aromatic rings. The molecule has 93 heavy (non-hydrogen) atoms. The van der Waals surface area contributed by atoms with Crippen molar-refractivity contribution in [3.05, 3.63) is 346 Å². The van der Waals surface area contributed by atoms with Crippen LogP contribution in [0.2, 0.25) is 0 Å². The summed E-state index contributed by atoms with van der Waals surface area (Å²) in [4.78, 5) is 14.2. The molecule has 0 atom stereocenters. The SMILES string of the molecule is Fc1ccccc1N1c2cc3c(cc2B2c4ccccc4N(c4ccccc4)c4cc(N(c5ccccc5)c5ccccc5)cc1c42)B1c2ccccc2N(c2ccccc2-c2ccccc2)c2cc(N(c4ccccc4)c4ccccc4-c4ccccc4)cc(c21)S3. The summed E-state index contributed by atoms with van der Waals surface area (Å²) in [5.74, 6) is -0.306. The zero-order valence-corrected chi connectivity index (χ0v) is 51.3. The highest BCUT2D eigenvalue weighted by Crippen LogP contribution is 2.53. The lowest BCUT2D eigenvalue weighted by Gasteiger charge is -2.46. The Morgan fingerprint density at radius 3 is 1.31 bits per heavy atom. The Bertz CT molecular complexity index is 5160. The summed E-state index contributed by atoms with van der Waals surface area (Å²) in [6, 6.07) is 122. The second-order valence-electron chi connectivity index (χ2n) is 24.0. The molecule has 0 N–H and O–H groups in total. The van der Waals surface area contributed by atoms with E-state index in [4.69, 9.17) is 0 Å².